The Balaban J connectivity index is 1.60. The second-order valence-corrected chi connectivity index (χ2v) is 10.2. The first kappa shape index (κ1) is 22.2. The maximum atomic E-state index is 12.7. The maximum Gasteiger partial charge on any atom is 0.228 e. The smallest absolute Gasteiger partial charge is 0.228 e. The van der Waals surface area contributed by atoms with Gasteiger partial charge in [-0.2, -0.15) is 0 Å². The summed E-state index contributed by atoms with van der Waals surface area (Å²) in [5.74, 6) is 0.371. The molecule has 1 aliphatic rings. The van der Waals surface area contributed by atoms with Gasteiger partial charge in [0.15, 0.2) is 9.84 Å². The Labute approximate surface area is 180 Å². The van der Waals surface area contributed by atoms with Crippen LogP contribution >= 0.6 is 11.8 Å². The van der Waals surface area contributed by atoms with Crippen molar-refractivity contribution in [2.75, 3.05) is 23.9 Å². The van der Waals surface area contributed by atoms with Crippen LogP contribution in [0, 0.1) is 5.92 Å². The normalized spacial score (nSPS) is 16.2. The summed E-state index contributed by atoms with van der Waals surface area (Å²) in [7, 11) is -2.10. The number of benzene rings is 2. The maximum absolute atomic E-state index is 12.7. The van der Waals surface area contributed by atoms with Crippen LogP contribution in [0.25, 0.3) is 0 Å². The van der Waals surface area contributed by atoms with Gasteiger partial charge in [0.2, 0.25) is 11.8 Å². The number of methoxy groups -OCH3 is 1. The highest BCUT2D eigenvalue weighted by Crippen LogP contribution is 2.34. The van der Waals surface area contributed by atoms with Crippen molar-refractivity contribution in [3.8, 4) is 5.75 Å². The predicted octanol–water partition coefficient (Wildman–Crippen LogP) is 2.86. The Kier molecular flexibility index (Phi) is 7.04. The molecule has 2 amide bonds. The predicted molar refractivity (Wildman–Crippen MR) is 116 cm³/mol. The van der Waals surface area contributed by atoms with Crippen LogP contribution in [0.1, 0.15) is 18.9 Å². The molecule has 0 saturated carbocycles. The Hall–Kier alpha value is -2.52. The molecule has 0 aliphatic carbocycles. The summed E-state index contributed by atoms with van der Waals surface area (Å²) in [5.41, 5.74) is 1.36. The minimum atomic E-state index is -3.67. The number of thioether (sulfide) groups is 1. The zero-order valence-electron chi connectivity index (χ0n) is 16.8. The second-order valence-electron chi connectivity index (χ2n) is 7.06. The molecule has 2 aromatic carbocycles. The second kappa shape index (κ2) is 9.53. The highest BCUT2D eigenvalue weighted by molar-refractivity contribution is 7.99. The molecule has 1 aliphatic heterocycles. The van der Waals surface area contributed by atoms with E-state index >= 15 is 0 Å². The average Bonchev–Trinajstić information content (AvgIpc) is 2.88. The van der Waals surface area contributed by atoms with Crippen LogP contribution < -0.4 is 15.4 Å². The van der Waals surface area contributed by atoms with Crippen LogP contribution in [-0.4, -0.2) is 38.8 Å². The molecule has 7 nitrogen and oxygen atoms in total. The van der Waals surface area contributed by atoms with Crippen LogP contribution in [0.15, 0.2) is 52.3 Å². The third kappa shape index (κ3) is 5.54. The fraction of sp³-hybridized carbons (Fsp3) is 0.333. The number of rotatable bonds is 7. The van der Waals surface area contributed by atoms with E-state index < -0.39 is 9.84 Å². The molecule has 3 rings (SSSR count). The van der Waals surface area contributed by atoms with E-state index in [4.69, 9.17) is 4.74 Å². The fourth-order valence-electron chi connectivity index (χ4n) is 2.89. The minimum Gasteiger partial charge on any atom is -0.497 e. The van der Waals surface area contributed by atoms with Crippen LogP contribution in [0.5, 0.6) is 5.75 Å². The Morgan fingerprint density at radius 2 is 2.07 bits per heavy atom. The first-order valence-corrected chi connectivity index (χ1v) is 12.1. The quantitative estimate of drug-likeness (QED) is 0.675. The van der Waals surface area contributed by atoms with Gasteiger partial charge < -0.3 is 15.4 Å². The van der Waals surface area contributed by atoms with Crippen LogP contribution in [0.4, 0.5) is 5.69 Å². The van der Waals surface area contributed by atoms with Crippen molar-refractivity contribution in [1.82, 2.24) is 5.32 Å². The van der Waals surface area contributed by atoms with Crippen LogP contribution in [0.2, 0.25) is 0 Å². The van der Waals surface area contributed by atoms with Crippen molar-refractivity contribution in [2.24, 2.45) is 5.92 Å². The summed E-state index contributed by atoms with van der Waals surface area (Å²) >= 11 is 1.51. The number of carbonyl (C=O) groups is 2. The van der Waals surface area contributed by atoms with Crippen molar-refractivity contribution >= 4 is 39.1 Å². The SMILES string of the molecule is COc1cccc(CNC(=O)CCS(=O)(=O)c2ccc3c(c2)NC(=O)C(C)CS3)c1. The molecule has 1 atom stereocenters. The Morgan fingerprint density at radius 3 is 2.83 bits per heavy atom. The van der Waals surface area contributed by atoms with E-state index in [0.29, 0.717) is 17.2 Å². The fourth-order valence-corrected chi connectivity index (χ4v) is 5.16. The van der Waals surface area contributed by atoms with Crippen molar-refractivity contribution in [3.05, 3.63) is 48.0 Å². The van der Waals surface area contributed by atoms with Gasteiger partial charge in [-0.05, 0) is 35.9 Å². The van der Waals surface area contributed by atoms with E-state index in [9.17, 15) is 18.0 Å². The van der Waals surface area contributed by atoms with Gasteiger partial charge in [-0.25, -0.2) is 8.42 Å². The highest BCUT2D eigenvalue weighted by atomic mass is 32.2. The van der Waals surface area contributed by atoms with Crippen LogP contribution in [-0.2, 0) is 26.0 Å². The molecule has 160 valence electrons. The molecule has 0 fully saturated rings. The first-order valence-electron chi connectivity index (χ1n) is 9.48. The number of amides is 2. The van der Waals surface area contributed by atoms with Gasteiger partial charge in [0, 0.05) is 29.5 Å². The number of carbonyl (C=O) groups excluding carboxylic acids is 2. The number of ether oxygens (including phenoxy) is 1. The van der Waals surface area contributed by atoms with E-state index in [0.717, 1.165) is 10.5 Å². The number of anilines is 1. The molecule has 30 heavy (non-hydrogen) atoms. The molecule has 1 heterocycles. The summed E-state index contributed by atoms with van der Waals surface area (Å²) in [6, 6.07) is 12.0. The molecular formula is C21H24N2O5S2. The number of hydrogen-bond acceptors (Lipinski definition) is 6. The largest absolute Gasteiger partial charge is 0.497 e. The van der Waals surface area contributed by atoms with Gasteiger partial charge in [-0.3, -0.25) is 9.59 Å². The molecule has 0 radical (unpaired) electrons. The summed E-state index contributed by atoms with van der Waals surface area (Å²) < 4.78 is 30.5. The summed E-state index contributed by atoms with van der Waals surface area (Å²) in [6.45, 7) is 2.12. The topological polar surface area (TPSA) is 102 Å². The van der Waals surface area contributed by atoms with Gasteiger partial charge in [0.05, 0.1) is 23.4 Å². The number of sulfone groups is 1. The van der Waals surface area contributed by atoms with E-state index in [1.807, 2.05) is 19.1 Å². The molecule has 0 saturated heterocycles. The lowest BCUT2D eigenvalue weighted by Gasteiger charge is -2.10. The van der Waals surface area contributed by atoms with E-state index in [1.165, 1.54) is 23.9 Å². The lowest BCUT2D eigenvalue weighted by atomic mass is 10.2. The third-order valence-electron chi connectivity index (χ3n) is 4.73. The third-order valence-corrected chi connectivity index (χ3v) is 7.77. The number of hydrogen-bond donors (Lipinski definition) is 2. The summed E-state index contributed by atoms with van der Waals surface area (Å²) in [5, 5.41) is 5.51. The van der Waals surface area contributed by atoms with Crippen LogP contribution in [0.3, 0.4) is 0 Å². The molecule has 1 unspecified atom stereocenters. The summed E-state index contributed by atoms with van der Waals surface area (Å²) in [4.78, 5) is 25.1. The summed E-state index contributed by atoms with van der Waals surface area (Å²) in [6.07, 6.45) is -0.151. The average molecular weight is 449 g/mol. The lowest BCUT2D eigenvalue weighted by molar-refractivity contribution is -0.121. The molecule has 9 heteroatoms. The zero-order chi connectivity index (χ0) is 21.7. The molecule has 0 bridgehead atoms. The molecule has 0 aromatic heterocycles. The molecule has 0 spiro atoms. The van der Waals surface area contributed by atoms with Crippen molar-refractivity contribution in [2.45, 2.75) is 29.7 Å². The Bertz CT molecular complexity index is 1050. The van der Waals surface area contributed by atoms with E-state index in [-0.39, 0.29) is 41.3 Å². The van der Waals surface area contributed by atoms with Gasteiger partial charge in [0.25, 0.3) is 0 Å². The van der Waals surface area contributed by atoms with Gasteiger partial charge >= 0.3 is 0 Å². The zero-order valence-corrected chi connectivity index (χ0v) is 18.4. The first-order chi connectivity index (χ1) is 14.3. The van der Waals surface area contributed by atoms with Crippen molar-refractivity contribution in [3.63, 3.8) is 0 Å². The van der Waals surface area contributed by atoms with E-state index in [2.05, 4.69) is 10.6 Å². The van der Waals surface area contributed by atoms with Gasteiger partial charge in [0.1, 0.15) is 5.75 Å². The van der Waals surface area contributed by atoms with Crippen molar-refractivity contribution < 1.29 is 22.7 Å². The Morgan fingerprint density at radius 1 is 1.27 bits per heavy atom. The van der Waals surface area contributed by atoms with E-state index in [1.54, 1.807) is 25.3 Å². The minimum absolute atomic E-state index is 0.0947. The standard InChI is InChI=1S/C21H24N2O5S2/c1-14-13-29-19-7-6-17(11-18(19)23-21(14)25)30(26,27)9-8-20(24)22-12-15-4-3-5-16(10-15)28-2/h3-7,10-11,14H,8-9,12-13H2,1-2H3,(H,22,24)(H,23,25). The van der Waals surface area contributed by atoms with Gasteiger partial charge in [-0.1, -0.05) is 19.1 Å². The number of nitrogens with one attached hydrogen (secondary N) is 2. The highest BCUT2D eigenvalue weighted by Gasteiger charge is 2.23. The lowest BCUT2D eigenvalue weighted by Crippen LogP contribution is -2.25. The molecule has 2 N–H and O–H groups in total. The number of fused-ring (bicyclic) bond motifs is 1. The van der Waals surface area contributed by atoms with Gasteiger partial charge in [-0.15, -0.1) is 11.8 Å². The monoisotopic (exact) mass is 448 g/mol. The molecule has 2 aromatic rings. The molecular weight excluding hydrogens is 424 g/mol. The van der Waals surface area contributed by atoms with Crippen molar-refractivity contribution in [1.29, 1.82) is 0 Å².